The summed E-state index contributed by atoms with van der Waals surface area (Å²) in [7, 11) is 0. The fourth-order valence-electron chi connectivity index (χ4n) is 0.735. The van der Waals surface area contributed by atoms with Gasteiger partial charge >= 0.3 is 0 Å². The van der Waals surface area contributed by atoms with Crippen molar-refractivity contribution in [2.24, 2.45) is 0 Å². The van der Waals surface area contributed by atoms with E-state index in [1.807, 2.05) is 18.2 Å². The molecule has 0 saturated heterocycles. The zero-order valence-electron chi connectivity index (χ0n) is 7.57. The first-order chi connectivity index (χ1) is 5.91. The normalized spacial score (nSPS) is 12.1. The lowest BCUT2D eigenvalue weighted by Gasteiger charge is -1.84. The van der Waals surface area contributed by atoms with Gasteiger partial charge in [-0.2, -0.15) is 0 Å². The van der Waals surface area contributed by atoms with Crippen LogP contribution in [0.1, 0.15) is 26.2 Å². The maximum Gasteiger partial charge on any atom is 0.142 e. The Labute approximate surface area is 74.5 Å². The highest BCUT2D eigenvalue weighted by molar-refractivity contribution is 5.65. The molecule has 12 heavy (non-hydrogen) atoms. The Kier molecular flexibility index (Phi) is 8.98. The van der Waals surface area contributed by atoms with E-state index in [0.717, 1.165) is 12.7 Å². The number of unbranched alkanes of at least 4 members (excludes halogenated alkanes) is 2. The number of carbonyl (C=O) groups excluding carboxylic acids is 1. The van der Waals surface area contributed by atoms with Crippen LogP contribution >= 0.6 is 0 Å². The van der Waals surface area contributed by atoms with E-state index >= 15 is 0 Å². The van der Waals surface area contributed by atoms with Crippen LogP contribution in [0.2, 0.25) is 0 Å². The van der Waals surface area contributed by atoms with Gasteiger partial charge in [-0.25, -0.2) is 0 Å². The van der Waals surface area contributed by atoms with Gasteiger partial charge in [0.15, 0.2) is 0 Å². The van der Waals surface area contributed by atoms with Crippen LogP contribution < -0.4 is 0 Å². The minimum Gasteiger partial charge on any atom is -0.299 e. The topological polar surface area (TPSA) is 17.1 Å². The largest absolute Gasteiger partial charge is 0.299 e. The first kappa shape index (κ1) is 10.9. The third-order valence-corrected chi connectivity index (χ3v) is 1.38. The van der Waals surface area contributed by atoms with Crippen molar-refractivity contribution in [3.63, 3.8) is 0 Å². The van der Waals surface area contributed by atoms with Crippen LogP contribution in [0.3, 0.4) is 0 Å². The van der Waals surface area contributed by atoms with E-state index in [-0.39, 0.29) is 0 Å². The molecule has 0 aliphatic rings. The molecule has 66 valence electrons. The molecule has 0 saturated carbocycles. The van der Waals surface area contributed by atoms with Crippen LogP contribution in [0.5, 0.6) is 0 Å². The summed E-state index contributed by atoms with van der Waals surface area (Å²) in [6.07, 6.45) is 15.5. The Balaban J connectivity index is 3.38. The highest BCUT2D eigenvalue weighted by atomic mass is 16.1. The predicted molar refractivity (Wildman–Crippen MR) is 53.0 cm³/mol. The number of allylic oxidation sites excluding steroid dienone is 6. The maximum atomic E-state index is 9.84. The van der Waals surface area contributed by atoms with Gasteiger partial charge in [0.2, 0.25) is 0 Å². The molecule has 0 amide bonds. The lowest BCUT2D eigenvalue weighted by Crippen LogP contribution is -1.64. The molecule has 0 aromatic rings. The average molecular weight is 164 g/mol. The predicted octanol–water partition coefficient (Wildman–Crippen LogP) is 3.04. The molecule has 0 atom stereocenters. The third-order valence-electron chi connectivity index (χ3n) is 1.38. The second-order valence-corrected chi connectivity index (χ2v) is 2.48. The summed E-state index contributed by atoms with van der Waals surface area (Å²) in [5.41, 5.74) is 0. The molecule has 0 N–H and O–H groups in total. The fraction of sp³-hybridized carbons (Fsp3) is 0.364. The molecule has 0 heterocycles. The van der Waals surface area contributed by atoms with Gasteiger partial charge in [-0.05, 0) is 12.5 Å². The van der Waals surface area contributed by atoms with Crippen molar-refractivity contribution in [3.8, 4) is 0 Å². The van der Waals surface area contributed by atoms with Gasteiger partial charge < -0.3 is 0 Å². The summed E-state index contributed by atoms with van der Waals surface area (Å²) in [6, 6.07) is 0. The van der Waals surface area contributed by atoms with E-state index in [1.165, 1.54) is 18.9 Å². The van der Waals surface area contributed by atoms with Crippen molar-refractivity contribution < 1.29 is 4.79 Å². The number of rotatable bonds is 6. The molecule has 0 fully saturated rings. The number of hydrogen-bond acceptors (Lipinski definition) is 1. The molecule has 0 spiro atoms. The van der Waals surface area contributed by atoms with E-state index in [0.29, 0.717) is 0 Å². The monoisotopic (exact) mass is 164 g/mol. The smallest absolute Gasteiger partial charge is 0.142 e. The van der Waals surface area contributed by atoms with Crippen molar-refractivity contribution in [3.05, 3.63) is 36.5 Å². The molecule has 0 unspecified atom stereocenters. The van der Waals surface area contributed by atoms with Gasteiger partial charge in [0.25, 0.3) is 0 Å². The van der Waals surface area contributed by atoms with Crippen LogP contribution in [0, 0.1) is 0 Å². The van der Waals surface area contributed by atoms with E-state index in [2.05, 4.69) is 13.0 Å². The number of aldehydes is 1. The zero-order valence-corrected chi connectivity index (χ0v) is 7.57. The minimum atomic E-state index is 0.769. The van der Waals surface area contributed by atoms with E-state index in [1.54, 1.807) is 6.08 Å². The summed E-state index contributed by atoms with van der Waals surface area (Å²) in [6.45, 7) is 2.18. The molecular formula is C11H16O. The van der Waals surface area contributed by atoms with E-state index < -0.39 is 0 Å². The molecule has 1 heteroatoms. The van der Waals surface area contributed by atoms with Gasteiger partial charge in [0.1, 0.15) is 6.29 Å². The van der Waals surface area contributed by atoms with Crippen LogP contribution in [0.15, 0.2) is 36.5 Å². The van der Waals surface area contributed by atoms with Crippen LogP contribution in [-0.2, 0) is 4.79 Å². The summed E-state index contributed by atoms with van der Waals surface area (Å²) in [5.74, 6) is 0. The molecule has 0 rings (SSSR count). The molecule has 0 bridgehead atoms. The van der Waals surface area contributed by atoms with Crippen LogP contribution in [-0.4, -0.2) is 6.29 Å². The van der Waals surface area contributed by atoms with Crippen LogP contribution in [0.4, 0.5) is 0 Å². The molecule has 0 radical (unpaired) electrons. The molecule has 1 nitrogen and oxygen atoms in total. The molecule has 0 aliphatic carbocycles. The van der Waals surface area contributed by atoms with Gasteiger partial charge in [-0.1, -0.05) is 50.1 Å². The Morgan fingerprint density at radius 3 is 2.33 bits per heavy atom. The molecule has 0 aromatic heterocycles. The number of carbonyl (C=O) groups is 1. The number of hydrogen-bond donors (Lipinski definition) is 0. The van der Waals surface area contributed by atoms with Crippen molar-refractivity contribution in [1.82, 2.24) is 0 Å². The van der Waals surface area contributed by atoms with Crippen molar-refractivity contribution in [2.45, 2.75) is 26.2 Å². The second kappa shape index (κ2) is 9.89. The molecule has 0 aliphatic heterocycles. The van der Waals surface area contributed by atoms with Crippen molar-refractivity contribution in [2.75, 3.05) is 0 Å². The van der Waals surface area contributed by atoms with Gasteiger partial charge in [0, 0.05) is 0 Å². The summed E-state index contributed by atoms with van der Waals surface area (Å²) in [5, 5.41) is 0. The van der Waals surface area contributed by atoms with Gasteiger partial charge in [0.05, 0.1) is 0 Å². The Morgan fingerprint density at radius 2 is 1.67 bits per heavy atom. The Bertz CT molecular complexity index is 175. The average Bonchev–Trinajstić information content (AvgIpc) is 2.10. The quantitative estimate of drug-likeness (QED) is 0.255. The van der Waals surface area contributed by atoms with Crippen LogP contribution in [0.25, 0.3) is 0 Å². The minimum absolute atomic E-state index is 0.769. The highest BCUT2D eigenvalue weighted by Crippen LogP contribution is 1.94. The van der Waals surface area contributed by atoms with Crippen molar-refractivity contribution in [1.29, 1.82) is 0 Å². The second-order valence-electron chi connectivity index (χ2n) is 2.48. The summed E-state index contributed by atoms with van der Waals surface area (Å²) >= 11 is 0. The zero-order chi connectivity index (χ0) is 9.07. The standard InChI is InChI=1S/C11H16O/c1-2-3-4-5-6-7-8-9-10-11-12/h5-11H,2-4H2,1H3. The molecular weight excluding hydrogens is 148 g/mol. The lowest BCUT2D eigenvalue weighted by atomic mass is 10.2. The summed E-state index contributed by atoms with van der Waals surface area (Å²) in [4.78, 5) is 9.84. The maximum absolute atomic E-state index is 9.84. The van der Waals surface area contributed by atoms with Gasteiger partial charge in [-0.3, -0.25) is 4.79 Å². The fourth-order valence-corrected chi connectivity index (χ4v) is 0.735. The third kappa shape index (κ3) is 8.89. The lowest BCUT2D eigenvalue weighted by molar-refractivity contribution is -0.104. The SMILES string of the molecule is CCCCC=CC=CC=CC=O. The Hall–Kier alpha value is -1.11. The first-order valence-corrected chi connectivity index (χ1v) is 4.35. The first-order valence-electron chi connectivity index (χ1n) is 4.35. The highest BCUT2D eigenvalue weighted by Gasteiger charge is 1.74. The van der Waals surface area contributed by atoms with Crippen molar-refractivity contribution >= 4 is 6.29 Å². The summed E-state index contributed by atoms with van der Waals surface area (Å²) < 4.78 is 0. The Morgan fingerprint density at radius 1 is 1.00 bits per heavy atom. The van der Waals surface area contributed by atoms with E-state index in [4.69, 9.17) is 0 Å². The molecule has 0 aromatic carbocycles. The van der Waals surface area contributed by atoms with E-state index in [9.17, 15) is 4.79 Å². The van der Waals surface area contributed by atoms with Gasteiger partial charge in [-0.15, -0.1) is 0 Å².